The lowest BCUT2D eigenvalue weighted by Gasteiger charge is -2.21. The number of piperidine rings is 1. The predicted molar refractivity (Wildman–Crippen MR) is 64.5 cm³/mol. The van der Waals surface area contributed by atoms with E-state index in [9.17, 15) is 14.4 Å². The van der Waals surface area contributed by atoms with Crippen molar-refractivity contribution in [3.05, 3.63) is 16.3 Å². The molecule has 0 radical (unpaired) electrons. The average molecular weight is 268 g/mol. The molecular weight excluding hydrogens is 256 g/mol. The molecule has 0 aliphatic carbocycles. The fourth-order valence-corrected chi connectivity index (χ4v) is 2.44. The Bertz CT molecular complexity index is 497. The van der Waals surface area contributed by atoms with E-state index in [1.54, 1.807) is 11.4 Å². The second kappa shape index (κ2) is 5.18. The SMILES string of the molecule is COc1ccsc1C(=O)N[C@@H]1CCC(=O)NC1=O. The number of imide groups is 1. The molecule has 1 aromatic heterocycles. The maximum atomic E-state index is 11.9. The normalized spacial score (nSPS) is 19.3. The van der Waals surface area contributed by atoms with E-state index in [4.69, 9.17) is 4.74 Å². The predicted octanol–water partition coefficient (Wildman–Crippen LogP) is 0.292. The highest BCUT2D eigenvalue weighted by Gasteiger charge is 2.29. The van der Waals surface area contributed by atoms with Gasteiger partial charge in [-0.05, 0) is 17.9 Å². The summed E-state index contributed by atoms with van der Waals surface area (Å²) in [5.74, 6) is -0.657. The van der Waals surface area contributed by atoms with Crippen molar-refractivity contribution >= 4 is 29.1 Å². The molecule has 18 heavy (non-hydrogen) atoms. The van der Waals surface area contributed by atoms with Crippen molar-refractivity contribution < 1.29 is 19.1 Å². The highest BCUT2D eigenvalue weighted by Crippen LogP contribution is 2.24. The zero-order valence-corrected chi connectivity index (χ0v) is 10.5. The first-order chi connectivity index (χ1) is 8.61. The number of thiophene rings is 1. The lowest BCUT2D eigenvalue weighted by atomic mass is 10.1. The molecule has 0 unspecified atom stereocenters. The molecule has 2 rings (SSSR count). The van der Waals surface area contributed by atoms with Crippen LogP contribution in [0.3, 0.4) is 0 Å². The van der Waals surface area contributed by atoms with Crippen molar-refractivity contribution in [1.82, 2.24) is 10.6 Å². The van der Waals surface area contributed by atoms with E-state index in [-0.39, 0.29) is 18.2 Å². The van der Waals surface area contributed by atoms with Gasteiger partial charge in [0.1, 0.15) is 16.7 Å². The average Bonchev–Trinajstić information content (AvgIpc) is 2.81. The summed E-state index contributed by atoms with van der Waals surface area (Å²) in [4.78, 5) is 34.8. The molecule has 7 heteroatoms. The minimum atomic E-state index is -0.665. The Kier molecular flexibility index (Phi) is 3.61. The largest absolute Gasteiger partial charge is 0.495 e. The lowest BCUT2D eigenvalue weighted by molar-refractivity contribution is -0.134. The number of rotatable bonds is 3. The van der Waals surface area contributed by atoms with Gasteiger partial charge >= 0.3 is 0 Å². The van der Waals surface area contributed by atoms with Crippen molar-refractivity contribution in [3.63, 3.8) is 0 Å². The molecule has 0 spiro atoms. The zero-order valence-electron chi connectivity index (χ0n) is 9.69. The molecule has 2 heterocycles. The molecule has 1 aromatic rings. The molecule has 1 aliphatic heterocycles. The van der Waals surface area contributed by atoms with E-state index in [1.807, 2.05) is 0 Å². The fourth-order valence-electron chi connectivity index (χ4n) is 1.68. The van der Waals surface area contributed by atoms with Gasteiger partial charge in [0.25, 0.3) is 5.91 Å². The van der Waals surface area contributed by atoms with Gasteiger partial charge < -0.3 is 10.1 Å². The first-order valence-electron chi connectivity index (χ1n) is 5.38. The molecular formula is C11H12N2O4S. The Hall–Kier alpha value is -1.89. The van der Waals surface area contributed by atoms with Gasteiger partial charge in [-0.15, -0.1) is 11.3 Å². The summed E-state index contributed by atoms with van der Waals surface area (Å²) in [7, 11) is 1.48. The molecule has 96 valence electrons. The lowest BCUT2D eigenvalue weighted by Crippen LogP contribution is -2.52. The van der Waals surface area contributed by atoms with Crippen LogP contribution in [0.1, 0.15) is 22.5 Å². The third kappa shape index (κ3) is 2.51. The number of amides is 3. The fraction of sp³-hybridized carbons (Fsp3) is 0.364. The van der Waals surface area contributed by atoms with Crippen LogP contribution in [0.15, 0.2) is 11.4 Å². The number of hydrogen-bond acceptors (Lipinski definition) is 5. The van der Waals surface area contributed by atoms with Crippen molar-refractivity contribution in [1.29, 1.82) is 0 Å². The van der Waals surface area contributed by atoms with Crippen LogP contribution in [0.2, 0.25) is 0 Å². The van der Waals surface area contributed by atoms with E-state index in [1.165, 1.54) is 18.4 Å². The van der Waals surface area contributed by atoms with Gasteiger partial charge in [0, 0.05) is 6.42 Å². The second-order valence-electron chi connectivity index (χ2n) is 3.80. The van der Waals surface area contributed by atoms with E-state index in [0.29, 0.717) is 17.0 Å². The van der Waals surface area contributed by atoms with Gasteiger partial charge in [-0.25, -0.2) is 0 Å². The molecule has 6 nitrogen and oxygen atoms in total. The van der Waals surface area contributed by atoms with Crippen molar-refractivity contribution in [2.75, 3.05) is 7.11 Å². The molecule has 1 saturated heterocycles. The quantitative estimate of drug-likeness (QED) is 0.772. The molecule has 1 atom stereocenters. The third-order valence-electron chi connectivity index (χ3n) is 2.60. The molecule has 2 N–H and O–H groups in total. The minimum Gasteiger partial charge on any atom is -0.495 e. The van der Waals surface area contributed by atoms with Crippen LogP contribution in [0, 0.1) is 0 Å². The summed E-state index contributed by atoms with van der Waals surface area (Å²) < 4.78 is 5.03. The Morgan fingerprint density at radius 1 is 1.56 bits per heavy atom. The Morgan fingerprint density at radius 3 is 3.00 bits per heavy atom. The summed E-state index contributed by atoms with van der Waals surface area (Å²) in [6.07, 6.45) is 0.558. The van der Waals surface area contributed by atoms with Gasteiger partial charge in [0.2, 0.25) is 11.8 Å². The molecule has 1 fully saturated rings. The van der Waals surface area contributed by atoms with Crippen LogP contribution in [0.5, 0.6) is 5.75 Å². The van der Waals surface area contributed by atoms with E-state index in [2.05, 4.69) is 10.6 Å². The van der Waals surface area contributed by atoms with Crippen molar-refractivity contribution in [2.45, 2.75) is 18.9 Å². The number of hydrogen-bond donors (Lipinski definition) is 2. The molecule has 3 amide bonds. The van der Waals surface area contributed by atoms with Gasteiger partial charge in [-0.2, -0.15) is 0 Å². The number of methoxy groups -OCH3 is 1. The molecule has 0 saturated carbocycles. The maximum absolute atomic E-state index is 11.9. The molecule has 0 bridgehead atoms. The molecule has 0 aromatic carbocycles. The van der Waals surface area contributed by atoms with Crippen LogP contribution in [-0.4, -0.2) is 30.9 Å². The smallest absolute Gasteiger partial charge is 0.265 e. The summed E-state index contributed by atoms with van der Waals surface area (Å²) in [5, 5.41) is 6.52. The van der Waals surface area contributed by atoms with E-state index in [0.717, 1.165) is 0 Å². The third-order valence-corrected chi connectivity index (χ3v) is 3.49. The van der Waals surface area contributed by atoms with Gasteiger partial charge in [-0.3, -0.25) is 19.7 Å². The highest BCUT2D eigenvalue weighted by molar-refractivity contribution is 7.12. The van der Waals surface area contributed by atoms with Crippen LogP contribution >= 0.6 is 11.3 Å². The maximum Gasteiger partial charge on any atom is 0.265 e. The topological polar surface area (TPSA) is 84.5 Å². The van der Waals surface area contributed by atoms with Crippen LogP contribution < -0.4 is 15.4 Å². The Labute approximate surface area is 107 Å². The number of carbonyl (C=O) groups excluding carboxylic acids is 3. The standard InChI is InChI=1S/C11H12N2O4S/c1-17-7-4-5-18-9(7)11(16)12-6-2-3-8(14)13-10(6)15/h4-6H,2-3H2,1H3,(H,12,16)(H,13,14,15)/t6-/m1/s1. The summed E-state index contributed by atoms with van der Waals surface area (Å²) >= 11 is 1.24. The second-order valence-corrected chi connectivity index (χ2v) is 4.71. The van der Waals surface area contributed by atoms with Crippen LogP contribution in [0.25, 0.3) is 0 Å². The van der Waals surface area contributed by atoms with Gasteiger partial charge in [-0.1, -0.05) is 0 Å². The van der Waals surface area contributed by atoms with Gasteiger partial charge in [0.05, 0.1) is 7.11 Å². The van der Waals surface area contributed by atoms with Crippen LogP contribution in [0.4, 0.5) is 0 Å². The van der Waals surface area contributed by atoms with Crippen LogP contribution in [-0.2, 0) is 9.59 Å². The van der Waals surface area contributed by atoms with Crippen molar-refractivity contribution in [3.8, 4) is 5.75 Å². The highest BCUT2D eigenvalue weighted by atomic mass is 32.1. The Morgan fingerprint density at radius 2 is 2.33 bits per heavy atom. The first-order valence-corrected chi connectivity index (χ1v) is 6.26. The molecule has 1 aliphatic rings. The monoisotopic (exact) mass is 268 g/mol. The number of carbonyl (C=O) groups is 3. The number of nitrogens with one attached hydrogen (secondary N) is 2. The van der Waals surface area contributed by atoms with Crippen molar-refractivity contribution in [2.24, 2.45) is 0 Å². The summed E-state index contributed by atoms with van der Waals surface area (Å²) in [6, 6.07) is 1.02. The van der Waals surface area contributed by atoms with E-state index < -0.39 is 11.9 Å². The summed E-state index contributed by atoms with van der Waals surface area (Å²) in [6.45, 7) is 0. The van der Waals surface area contributed by atoms with E-state index >= 15 is 0 Å². The Balaban J connectivity index is 2.03. The van der Waals surface area contributed by atoms with Gasteiger partial charge in [0.15, 0.2) is 0 Å². The summed E-state index contributed by atoms with van der Waals surface area (Å²) in [5.41, 5.74) is 0. The minimum absolute atomic E-state index is 0.234. The number of ether oxygens (including phenoxy) is 1. The zero-order chi connectivity index (χ0) is 13.1. The first kappa shape index (κ1) is 12.6.